The van der Waals surface area contributed by atoms with Crippen molar-refractivity contribution < 1.29 is 4.79 Å². The summed E-state index contributed by atoms with van der Waals surface area (Å²) in [5, 5.41) is 6.18. The summed E-state index contributed by atoms with van der Waals surface area (Å²) in [6, 6.07) is 8.02. The first-order valence-electron chi connectivity index (χ1n) is 6.00. The van der Waals surface area contributed by atoms with Gasteiger partial charge >= 0.3 is 0 Å². The monoisotopic (exact) mass is 259 g/mol. The van der Waals surface area contributed by atoms with Gasteiger partial charge in [-0.3, -0.25) is 9.89 Å². The normalized spacial score (nSPS) is 12.2. The molecule has 0 saturated carbocycles. The fourth-order valence-electron chi connectivity index (χ4n) is 1.78. The lowest BCUT2D eigenvalue weighted by Crippen LogP contribution is -2.30. The highest BCUT2D eigenvalue weighted by Crippen LogP contribution is 2.20. The number of H-pyrrole nitrogens is 1. The zero-order valence-electron chi connectivity index (χ0n) is 11.2. The largest absolute Gasteiger partial charge is 0.366 e. The van der Waals surface area contributed by atoms with Gasteiger partial charge in [-0.1, -0.05) is 29.8 Å². The summed E-state index contributed by atoms with van der Waals surface area (Å²) >= 11 is 0. The van der Waals surface area contributed by atoms with Crippen LogP contribution in [0.1, 0.15) is 34.7 Å². The second kappa shape index (κ2) is 5.09. The molecule has 0 fully saturated rings. The third kappa shape index (κ3) is 2.73. The maximum atomic E-state index is 12.2. The number of hydrogen-bond donors (Lipinski definition) is 2. The molecule has 0 aliphatic carbocycles. The number of nitrogens with zero attached hydrogens (tertiary/aromatic N) is 3. The molecule has 1 heterocycles. The summed E-state index contributed by atoms with van der Waals surface area (Å²) < 4.78 is 0. The van der Waals surface area contributed by atoms with E-state index in [1.165, 1.54) is 5.56 Å². The molecule has 1 aromatic heterocycles. The van der Waals surface area contributed by atoms with E-state index in [2.05, 4.69) is 15.2 Å². The first-order valence-corrected chi connectivity index (χ1v) is 6.00. The van der Waals surface area contributed by atoms with Crippen LogP contribution in [-0.4, -0.2) is 33.0 Å². The molecule has 0 bridgehead atoms. The highest BCUT2D eigenvalue weighted by Gasteiger charge is 2.21. The Bertz CT molecular complexity index is 575. The van der Waals surface area contributed by atoms with E-state index in [-0.39, 0.29) is 23.7 Å². The van der Waals surface area contributed by atoms with Crippen LogP contribution in [0.15, 0.2) is 24.3 Å². The minimum absolute atomic E-state index is 0.0561. The number of nitrogens with two attached hydrogens (primary N) is 1. The number of aromatic nitrogens is 3. The Kier molecular flexibility index (Phi) is 3.50. The molecule has 19 heavy (non-hydrogen) atoms. The van der Waals surface area contributed by atoms with Gasteiger partial charge in [0.05, 0.1) is 6.04 Å². The molecule has 1 amide bonds. The highest BCUT2D eigenvalue weighted by molar-refractivity contribution is 5.90. The number of hydrogen-bond acceptors (Lipinski definition) is 4. The topological polar surface area (TPSA) is 87.9 Å². The summed E-state index contributed by atoms with van der Waals surface area (Å²) in [6.07, 6.45) is 0. The lowest BCUT2D eigenvalue weighted by atomic mass is 10.1. The molecule has 6 heteroatoms. The average Bonchev–Trinajstić information content (AvgIpc) is 2.84. The number of anilines is 1. The van der Waals surface area contributed by atoms with E-state index in [1.807, 2.05) is 38.1 Å². The minimum Gasteiger partial charge on any atom is -0.366 e. The van der Waals surface area contributed by atoms with Crippen molar-refractivity contribution in [2.45, 2.75) is 19.9 Å². The number of aromatic amines is 1. The molecule has 1 unspecified atom stereocenters. The van der Waals surface area contributed by atoms with Gasteiger partial charge in [0.2, 0.25) is 11.8 Å². The van der Waals surface area contributed by atoms with E-state index in [9.17, 15) is 4.79 Å². The lowest BCUT2D eigenvalue weighted by Gasteiger charge is -2.24. The number of nitrogen functional groups attached to an aromatic ring is 1. The van der Waals surface area contributed by atoms with E-state index in [0.29, 0.717) is 0 Å². The van der Waals surface area contributed by atoms with Crippen LogP contribution in [0, 0.1) is 6.92 Å². The first-order chi connectivity index (χ1) is 8.99. The molecule has 0 aliphatic rings. The van der Waals surface area contributed by atoms with Crippen molar-refractivity contribution in [3.05, 3.63) is 41.2 Å². The van der Waals surface area contributed by atoms with Crippen LogP contribution in [0.5, 0.6) is 0 Å². The van der Waals surface area contributed by atoms with Gasteiger partial charge in [-0.15, -0.1) is 5.10 Å². The van der Waals surface area contributed by atoms with Crippen LogP contribution in [-0.2, 0) is 0 Å². The van der Waals surface area contributed by atoms with Crippen molar-refractivity contribution in [3.63, 3.8) is 0 Å². The van der Waals surface area contributed by atoms with Gasteiger partial charge in [-0.2, -0.15) is 4.98 Å². The Morgan fingerprint density at radius 3 is 2.53 bits per heavy atom. The smallest absolute Gasteiger partial charge is 0.291 e. The van der Waals surface area contributed by atoms with Crippen LogP contribution in [0.25, 0.3) is 0 Å². The third-order valence-electron chi connectivity index (χ3n) is 3.17. The Morgan fingerprint density at radius 1 is 1.37 bits per heavy atom. The summed E-state index contributed by atoms with van der Waals surface area (Å²) in [4.78, 5) is 17.6. The molecule has 1 aromatic carbocycles. The van der Waals surface area contributed by atoms with Crippen molar-refractivity contribution in [1.82, 2.24) is 20.1 Å². The Morgan fingerprint density at radius 2 is 2.00 bits per heavy atom. The van der Waals surface area contributed by atoms with E-state index in [0.717, 1.165) is 5.56 Å². The molecule has 6 nitrogen and oxygen atoms in total. The van der Waals surface area contributed by atoms with Gasteiger partial charge in [-0.25, -0.2) is 0 Å². The number of aryl methyl sites for hydroxylation is 1. The Labute approximate surface area is 111 Å². The Hall–Kier alpha value is -2.37. The predicted octanol–water partition coefficient (Wildman–Crippen LogP) is 1.53. The zero-order chi connectivity index (χ0) is 14.0. The number of benzene rings is 1. The molecule has 100 valence electrons. The highest BCUT2D eigenvalue weighted by atomic mass is 16.2. The molecule has 1 atom stereocenters. The SMILES string of the molecule is Cc1ccc(C(C)N(C)C(=O)c2nc(N)n[nH]2)cc1. The minimum atomic E-state index is -0.239. The van der Waals surface area contributed by atoms with E-state index in [4.69, 9.17) is 5.73 Å². The summed E-state index contributed by atoms with van der Waals surface area (Å²) in [7, 11) is 1.73. The molecule has 2 aromatic rings. The molecule has 0 radical (unpaired) electrons. The summed E-state index contributed by atoms with van der Waals surface area (Å²) in [5.74, 6) is -0.0176. The maximum Gasteiger partial charge on any atom is 0.291 e. The van der Waals surface area contributed by atoms with Gasteiger partial charge in [0, 0.05) is 7.05 Å². The van der Waals surface area contributed by atoms with E-state index in [1.54, 1.807) is 11.9 Å². The Balaban J connectivity index is 2.16. The number of rotatable bonds is 3. The lowest BCUT2D eigenvalue weighted by molar-refractivity contribution is 0.0731. The molecule has 0 saturated heterocycles. The standard InChI is InChI=1S/C13H17N5O/c1-8-4-6-10(7-5-8)9(2)18(3)12(19)11-15-13(14)17-16-11/h4-7,9H,1-3H3,(H3,14,15,16,17). The van der Waals surface area contributed by atoms with Crippen molar-refractivity contribution in [2.75, 3.05) is 12.8 Å². The van der Waals surface area contributed by atoms with Crippen LogP contribution >= 0.6 is 0 Å². The third-order valence-corrected chi connectivity index (χ3v) is 3.17. The fourth-order valence-corrected chi connectivity index (χ4v) is 1.78. The van der Waals surface area contributed by atoms with Gasteiger partial charge < -0.3 is 10.6 Å². The van der Waals surface area contributed by atoms with E-state index >= 15 is 0 Å². The second-order valence-electron chi connectivity index (χ2n) is 4.54. The molecular weight excluding hydrogens is 242 g/mol. The van der Waals surface area contributed by atoms with Crippen molar-refractivity contribution in [1.29, 1.82) is 0 Å². The molecule has 3 N–H and O–H groups in total. The van der Waals surface area contributed by atoms with Gasteiger partial charge in [0.15, 0.2) is 0 Å². The maximum absolute atomic E-state index is 12.2. The molecule has 0 aliphatic heterocycles. The number of carbonyl (C=O) groups excluding carboxylic acids is 1. The van der Waals surface area contributed by atoms with E-state index < -0.39 is 0 Å². The number of amides is 1. The van der Waals surface area contributed by atoms with Crippen LogP contribution in [0.3, 0.4) is 0 Å². The first kappa shape index (κ1) is 13.1. The quantitative estimate of drug-likeness (QED) is 0.875. The summed E-state index contributed by atoms with van der Waals surface area (Å²) in [6.45, 7) is 3.99. The molecule has 0 spiro atoms. The van der Waals surface area contributed by atoms with Crippen LogP contribution in [0.2, 0.25) is 0 Å². The fraction of sp³-hybridized carbons (Fsp3) is 0.308. The molecule has 2 rings (SSSR count). The second-order valence-corrected chi connectivity index (χ2v) is 4.54. The zero-order valence-corrected chi connectivity index (χ0v) is 11.2. The predicted molar refractivity (Wildman–Crippen MR) is 72.5 cm³/mol. The molecular formula is C13H17N5O. The van der Waals surface area contributed by atoms with Gasteiger partial charge in [0.25, 0.3) is 5.91 Å². The van der Waals surface area contributed by atoms with Gasteiger partial charge in [0.1, 0.15) is 0 Å². The average molecular weight is 259 g/mol. The number of carbonyl (C=O) groups is 1. The van der Waals surface area contributed by atoms with Crippen molar-refractivity contribution >= 4 is 11.9 Å². The van der Waals surface area contributed by atoms with Gasteiger partial charge in [-0.05, 0) is 19.4 Å². The van der Waals surface area contributed by atoms with Crippen LogP contribution < -0.4 is 5.73 Å². The van der Waals surface area contributed by atoms with Crippen LogP contribution in [0.4, 0.5) is 5.95 Å². The van der Waals surface area contributed by atoms with Crippen molar-refractivity contribution in [2.24, 2.45) is 0 Å². The number of nitrogens with one attached hydrogen (secondary N) is 1. The summed E-state index contributed by atoms with van der Waals surface area (Å²) in [5.41, 5.74) is 7.65. The van der Waals surface area contributed by atoms with Crippen molar-refractivity contribution in [3.8, 4) is 0 Å².